The third kappa shape index (κ3) is 5.77. The monoisotopic (exact) mass is 414 g/mol. The van der Waals surface area contributed by atoms with E-state index in [2.05, 4.69) is 46.0 Å². The largest absolute Gasteiger partial charge is 0.487 e. The van der Waals surface area contributed by atoms with Gasteiger partial charge in [-0.1, -0.05) is 52.8 Å². The van der Waals surface area contributed by atoms with Crippen molar-refractivity contribution < 1.29 is 14.3 Å². The normalized spacial score (nSPS) is 20.6. The second kappa shape index (κ2) is 8.99. The molecule has 0 saturated carbocycles. The number of ether oxygens (including phenoxy) is 1. The average Bonchev–Trinajstić information content (AvgIpc) is 2.65. The second-order valence-electron chi connectivity index (χ2n) is 10.7. The van der Waals surface area contributed by atoms with Gasteiger partial charge in [0.2, 0.25) is 11.8 Å². The van der Waals surface area contributed by atoms with Crippen LogP contribution in [0, 0.1) is 11.3 Å². The Labute approximate surface area is 181 Å². The lowest BCUT2D eigenvalue weighted by Gasteiger charge is -2.47. The van der Waals surface area contributed by atoms with E-state index in [4.69, 9.17) is 4.74 Å². The number of hydrogen-bond acceptors (Lipinski definition) is 3. The quantitative estimate of drug-likeness (QED) is 0.771. The Bertz CT molecular complexity index is 758. The maximum atomic E-state index is 12.7. The Balaban J connectivity index is 1.69. The van der Waals surface area contributed by atoms with E-state index in [9.17, 15) is 9.59 Å². The molecule has 1 atom stereocenters. The summed E-state index contributed by atoms with van der Waals surface area (Å²) in [4.78, 5) is 27.2. The molecule has 1 aromatic carbocycles. The molecule has 1 fully saturated rings. The number of nitrogens with one attached hydrogen (secondary N) is 1. The van der Waals surface area contributed by atoms with Crippen molar-refractivity contribution >= 4 is 11.8 Å². The minimum atomic E-state index is -0.282. The van der Waals surface area contributed by atoms with E-state index in [0.29, 0.717) is 25.3 Å². The van der Waals surface area contributed by atoms with Crippen molar-refractivity contribution in [1.29, 1.82) is 0 Å². The van der Waals surface area contributed by atoms with Gasteiger partial charge in [0.15, 0.2) is 0 Å². The summed E-state index contributed by atoms with van der Waals surface area (Å²) in [6, 6.07) is 8.12. The van der Waals surface area contributed by atoms with E-state index in [0.717, 1.165) is 43.7 Å². The van der Waals surface area contributed by atoms with E-state index in [1.807, 2.05) is 23.1 Å². The fourth-order valence-corrected chi connectivity index (χ4v) is 4.58. The third-order valence-electron chi connectivity index (χ3n) is 6.15. The zero-order valence-corrected chi connectivity index (χ0v) is 19.3. The van der Waals surface area contributed by atoms with Crippen molar-refractivity contribution in [3.63, 3.8) is 0 Å². The first kappa shape index (κ1) is 22.6. The molecule has 1 aromatic rings. The molecule has 0 radical (unpaired) electrons. The van der Waals surface area contributed by atoms with E-state index in [-0.39, 0.29) is 28.7 Å². The number of carbonyl (C=O) groups excluding carboxylic acids is 2. The molecule has 2 heterocycles. The molecular formula is C25H38N2O3. The van der Waals surface area contributed by atoms with Gasteiger partial charge in [-0.3, -0.25) is 9.59 Å². The highest BCUT2D eigenvalue weighted by molar-refractivity contribution is 5.77. The number of hydrogen-bond donors (Lipinski definition) is 1. The van der Waals surface area contributed by atoms with Gasteiger partial charge in [-0.15, -0.1) is 0 Å². The Hall–Kier alpha value is -2.04. The minimum Gasteiger partial charge on any atom is -0.487 e. The Kier molecular flexibility index (Phi) is 6.78. The molecule has 0 bridgehead atoms. The number of rotatable bonds is 5. The molecule has 1 saturated heterocycles. The first-order valence-corrected chi connectivity index (χ1v) is 11.4. The standard InChI is InChI=1S/C25H38N2O3/c1-18(2)17-26-22(28)14-19-15-25(30-21-9-7-6-8-20(19)21)10-12-27(13-11-25)23(29)16-24(3,4)5/h6-9,18-19H,10-17H2,1-5H3,(H,26,28). The van der Waals surface area contributed by atoms with Gasteiger partial charge in [-0.25, -0.2) is 0 Å². The van der Waals surface area contributed by atoms with Gasteiger partial charge in [0.05, 0.1) is 0 Å². The minimum absolute atomic E-state index is 0.000932. The molecule has 5 nitrogen and oxygen atoms in total. The Morgan fingerprint density at radius 1 is 1.20 bits per heavy atom. The Morgan fingerprint density at radius 3 is 2.50 bits per heavy atom. The number of para-hydroxylation sites is 1. The van der Waals surface area contributed by atoms with Gasteiger partial charge < -0.3 is 15.0 Å². The molecule has 3 rings (SSSR count). The predicted molar refractivity (Wildman–Crippen MR) is 120 cm³/mol. The lowest BCUT2D eigenvalue weighted by atomic mass is 9.76. The molecule has 0 aromatic heterocycles. The summed E-state index contributed by atoms with van der Waals surface area (Å²) in [6.45, 7) is 12.7. The number of fused-ring (bicyclic) bond motifs is 1. The summed E-state index contributed by atoms with van der Waals surface area (Å²) >= 11 is 0. The van der Waals surface area contributed by atoms with Crippen molar-refractivity contribution in [2.75, 3.05) is 19.6 Å². The molecule has 1 spiro atoms. The van der Waals surface area contributed by atoms with Crippen LogP contribution in [0.5, 0.6) is 5.75 Å². The number of benzene rings is 1. The first-order chi connectivity index (χ1) is 14.1. The zero-order valence-electron chi connectivity index (χ0n) is 19.3. The highest BCUT2D eigenvalue weighted by Crippen LogP contribution is 2.46. The highest BCUT2D eigenvalue weighted by Gasteiger charge is 2.44. The van der Waals surface area contributed by atoms with Gasteiger partial charge >= 0.3 is 0 Å². The van der Waals surface area contributed by atoms with Gasteiger partial charge in [-0.2, -0.15) is 0 Å². The topological polar surface area (TPSA) is 58.6 Å². The number of nitrogens with zero attached hydrogens (tertiary/aromatic N) is 1. The van der Waals surface area contributed by atoms with Crippen LogP contribution in [-0.2, 0) is 9.59 Å². The smallest absolute Gasteiger partial charge is 0.223 e. The average molecular weight is 415 g/mol. The number of likely N-dealkylation sites (tertiary alicyclic amines) is 1. The van der Waals surface area contributed by atoms with Crippen LogP contribution in [-0.4, -0.2) is 41.9 Å². The third-order valence-corrected chi connectivity index (χ3v) is 6.15. The molecule has 2 amide bonds. The van der Waals surface area contributed by atoms with E-state index in [1.54, 1.807) is 0 Å². The van der Waals surface area contributed by atoms with Crippen molar-refractivity contribution in [3.8, 4) is 5.75 Å². The molecule has 2 aliphatic rings. The summed E-state index contributed by atoms with van der Waals surface area (Å²) in [7, 11) is 0. The SMILES string of the molecule is CC(C)CNC(=O)CC1CC2(CCN(C(=O)CC(C)(C)C)CC2)Oc2ccccc21. The van der Waals surface area contributed by atoms with Crippen LogP contribution in [0.2, 0.25) is 0 Å². The number of piperidine rings is 1. The summed E-state index contributed by atoms with van der Waals surface area (Å²) in [5.74, 6) is 1.84. The number of carbonyl (C=O) groups is 2. The van der Waals surface area contributed by atoms with Gasteiger partial charge in [0, 0.05) is 51.2 Å². The summed E-state index contributed by atoms with van der Waals surface area (Å²) in [6.07, 6.45) is 3.53. The maximum absolute atomic E-state index is 12.7. The van der Waals surface area contributed by atoms with E-state index >= 15 is 0 Å². The van der Waals surface area contributed by atoms with Crippen molar-refractivity contribution in [2.45, 2.75) is 78.2 Å². The summed E-state index contributed by atoms with van der Waals surface area (Å²) in [5.41, 5.74) is 0.852. The second-order valence-corrected chi connectivity index (χ2v) is 10.7. The van der Waals surface area contributed by atoms with E-state index < -0.39 is 0 Å². The molecule has 1 N–H and O–H groups in total. The van der Waals surface area contributed by atoms with Crippen molar-refractivity contribution in [1.82, 2.24) is 10.2 Å². The molecule has 30 heavy (non-hydrogen) atoms. The van der Waals surface area contributed by atoms with Crippen LogP contribution in [0.1, 0.15) is 78.2 Å². The molecule has 1 unspecified atom stereocenters. The van der Waals surface area contributed by atoms with Crippen molar-refractivity contribution in [3.05, 3.63) is 29.8 Å². The van der Waals surface area contributed by atoms with Crippen LogP contribution >= 0.6 is 0 Å². The highest BCUT2D eigenvalue weighted by atomic mass is 16.5. The fraction of sp³-hybridized carbons (Fsp3) is 0.680. The first-order valence-electron chi connectivity index (χ1n) is 11.4. The van der Waals surface area contributed by atoms with Crippen LogP contribution in [0.15, 0.2) is 24.3 Å². The van der Waals surface area contributed by atoms with Crippen LogP contribution < -0.4 is 10.1 Å². The number of amides is 2. The van der Waals surface area contributed by atoms with Gasteiger partial charge in [0.25, 0.3) is 0 Å². The summed E-state index contributed by atoms with van der Waals surface area (Å²) in [5, 5.41) is 3.06. The maximum Gasteiger partial charge on any atom is 0.223 e. The van der Waals surface area contributed by atoms with E-state index in [1.165, 1.54) is 0 Å². The molecule has 5 heteroatoms. The Morgan fingerprint density at radius 2 is 1.87 bits per heavy atom. The zero-order chi connectivity index (χ0) is 21.9. The molecular weight excluding hydrogens is 376 g/mol. The van der Waals surface area contributed by atoms with Crippen LogP contribution in [0.4, 0.5) is 0 Å². The predicted octanol–water partition coefficient (Wildman–Crippen LogP) is 4.51. The lowest BCUT2D eigenvalue weighted by molar-refractivity contribution is -0.137. The fourth-order valence-electron chi connectivity index (χ4n) is 4.58. The van der Waals surface area contributed by atoms with Crippen LogP contribution in [0.3, 0.4) is 0 Å². The van der Waals surface area contributed by atoms with Gasteiger partial charge in [0.1, 0.15) is 11.4 Å². The lowest BCUT2D eigenvalue weighted by Crippen LogP contribution is -2.52. The van der Waals surface area contributed by atoms with Crippen molar-refractivity contribution in [2.24, 2.45) is 11.3 Å². The summed E-state index contributed by atoms with van der Waals surface area (Å²) < 4.78 is 6.53. The van der Waals surface area contributed by atoms with Gasteiger partial charge in [-0.05, 0) is 29.4 Å². The molecule has 166 valence electrons. The molecule has 2 aliphatic heterocycles. The molecule has 0 aliphatic carbocycles. The van der Waals surface area contributed by atoms with Crippen LogP contribution in [0.25, 0.3) is 0 Å².